The molecule has 1 rings (SSSR count). The fourth-order valence-corrected chi connectivity index (χ4v) is 2.09. The number of nitrogens with two attached hydrogens (primary N) is 1. The Bertz CT molecular complexity index is 367. The van der Waals surface area contributed by atoms with E-state index in [1.54, 1.807) is 24.3 Å². The van der Waals surface area contributed by atoms with Crippen molar-refractivity contribution in [2.24, 2.45) is 16.3 Å². The molecule has 3 N–H and O–H groups in total. The van der Waals surface area contributed by atoms with E-state index in [1.165, 1.54) is 0 Å². The summed E-state index contributed by atoms with van der Waals surface area (Å²) >= 11 is 1.69. The Morgan fingerprint density at radius 3 is 2.94 bits per heavy atom. The van der Waals surface area contributed by atoms with Gasteiger partial charge in [0, 0.05) is 11.6 Å². The van der Waals surface area contributed by atoms with Crippen LogP contribution in [0.2, 0.25) is 0 Å². The van der Waals surface area contributed by atoms with E-state index in [2.05, 4.69) is 15.1 Å². The maximum atomic E-state index is 8.65. The van der Waals surface area contributed by atoms with Crippen LogP contribution in [-0.4, -0.2) is 26.8 Å². The summed E-state index contributed by atoms with van der Waals surface area (Å²) < 4.78 is 0. The van der Waals surface area contributed by atoms with Crippen LogP contribution in [0.1, 0.15) is 26.7 Å². The van der Waals surface area contributed by atoms with Crippen molar-refractivity contribution in [1.29, 1.82) is 0 Å². The molecular weight excluding hydrogens is 236 g/mol. The first-order valence-electron chi connectivity index (χ1n) is 5.43. The second-order valence-corrected chi connectivity index (χ2v) is 5.48. The minimum atomic E-state index is -0.263. The minimum absolute atomic E-state index is 0.263. The summed E-state index contributed by atoms with van der Waals surface area (Å²) in [6.07, 6.45) is 5.14. The van der Waals surface area contributed by atoms with E-state index in [9.17, 15) is 0 Å². The maximum absolute atomic E-state index is 8.65. The van der Waals surface area contributed by atoms with Gasteiger partial charge in [0.25, 0.3) is 0 Å². The molecule has 0 aliphatic rings. The third-order valence-corrected chi connectivity index (χ3v) is 3.58. The fraction of sp³-hybridized carbons (Fsp3) is 0.545. The Hall–Kier alpha value is -1.30. The smallest absolute Gasteiger partial charge is 0.144 e. The molecule has 0 saturated carbocycles. The molecule has 0 bridgehead atoms. The van der Waals surface area contributed by atoms with Crippen molar-refractivity contribution in [2.45, 2.75) is 31.7 Å². The zero-order chi connectivity index (χ0) is 12.7. The van der Waals surface area contributed by atoms with Crippen LogP contribution in [0.25, 0.3) is 0 Å². The van der Waals surface area contributed by atoms with Crippen LogP contribution in [0.5, 0.6) is 0 Å². The molecule has 0 atom stereocenters. The first-order chi connectivity index (χ1) is 8.06. The van der Waals surface area contributed by atoms with Crippen LogP contribution in [0.15, 0.2) is 28.8 Å². The van der Waals surface area contributed by atoms with Crippen molar-refractivity contribution in [1.82, 2.24) is 9.97 Å². The lowest BCUT2D eigenvalue weighted by Gasteiger charge is -2.22. The van der Waals surface area contributed by atoms with E-state index in [0.29, 0.717) is 0 Å². The lowest BCUT2D eigenvalue weighted by atomic mass is 9.87. The molecular formula is C11H18N4OS. The highest BCUT2D eigenvalue weighted by Crippen LogP contribution is 2.25. The molecule has 6 heteroatoms. The summed E-state index contributed by atoms with van der Waals surface area (Å²) in [7, 11) is 0. The Morgan fingerprint density at radius 1 is 1.59 bits per heavy atom. The molecule has 0 aliphatic carbocycles. The summed E-state index contributed by atoms with van der Waals surface area (Å²) in [6.45, 7) is 3.94. The van der Waals surface area contributed by atoms with Gasteiger partial charge in [0.05, 0.1) is 5.03 Å². The predicted octanol–water partition coefficient (Wildman–Crippen LogP) is 2.12. The zero-order valence-electron chi connectivity index (χ0n) is 10.1. The molecule has 0 aliphatic heterocycles. The molecule has 0 fully saturated rings. The van der Waals surface area contributed by atoms with Gasteiger partial charge < -0.3 is 10.9 Å². The molecule has 0 spiro atoms. The normalized spacial score (nSPS) is 12.7. The molecule has 1 heterocycles. The van der Waals surface area contributed by atoms with Crippen molar-refractivity contribution in [3.63, 3.8) is 0 Å². The number of oxime groups is 1. The highest BCUT2D eigenvalue weighted by Gasteiger charge is 2.22. The summed E-state index contributed by atoms with van der Waals surface area (Å²) in [5.41, 5.74) is 5.35. The molecule has 0 amide bonds. The average molecular weight is 254 g/mol. The molecule has 5 nitrogen and oxygen atoms in total. The highest BCUT2D eigenvalue weighted by molar-refractivity contribution is 7.99. The number of hydrogen-bond donors (Lipinski definition) is 2. The Kier molecular flexibility index (Phi) is 5.21. The van der Waals surface area contributed by atoms with E-state index in [4.69, 9.17) is 10.9 Å². The number of rotatable bonds is 6. The van der Waals surface area contributed by atoms with E-state index < -0.39 is 0 Å². The van der Waals surface area contributed by atoms with Gasteiger partial charge in [0.1, 0.15) is 12.2 Å². The van der Waals surface area contributed by atoms with Crippen molar-refractivity contribution in [2.75, 3.05) is 5.75 Å². The average Bonchev–Trinajstić information content (AvgIpc) is 2.35. The predicted molar refractivity (Wildman–Crippen MR) is 69.2 cm³/mol. The van der Waals surface area contributed by atoms with E-state index >= 15 is 0 Å². The van der Waals surface area contributed by atoms with Gasteiger partial charge in [0.2, 0.25) is 0 Å². The number of aromatic nitrogens is 2. The second-order valence-electron chi connectivity index (χ2n) is 4.37. The second kappa shape index (κ2) is 6.44. The first-order valence-corrected chi connectivity index (χ1v) is 6.41. The zero-order valence-corrected chi connectivity index (χ0v) is 10.9. The van der Waals surface area contributed by atoms with Crippen LogP contribution in [-0.2, 0) is 0 Å². The first kappa shape index (κ1) is 13.8. The molecule has 0 saturated heterocycles. The fourth-order valence-electron chi connectivity index (χ4n) is 1.32. The molecule has 0 aromatic carbocycles. The van der Waals surface area contributed by atoms with Crippen molar-refractivity contribution in [3.8, 4) is 0 Å². The third-order valence-electron chi connectivity index (χ3n) is 2.55. The highest BCUT2D eigenvalue weighted by atomic mass is 32.2. The van der Waals surface area contributed by atoms with E-state index in [1.807, 2.05) is 19.9 Å². The Morgan fingerprint density at radius 2 is 2.35 bits per heavy atom. The summed E-state index contributed by atoms with van der Waals surface area (Å²) in [5, 5.41) is 12.7. The van der Waals surface area contributed by atoms with Gasteiger partial charge >= 0.3 is 0 Å². The monoisotopic (exact) mass is 254 g/mol. The van der Waals surface area contributed by atoms with Crippen molar-refractivity contribution in [3.05, 3.63) is 18.6 Å². The lowest BCUT2D eigenvalue weighted by molar-refractivity contribution is 0.305. The summed E-state index contributed by atoms with van der Waals surface area (Å²) in [4.78, 5) is 7.99. The van der Waals surface area contributed by atoms with Gasteiger partial charge in [-0.05, 0) is 24.7 Å². The standard InChI is InChI=1S/C11H18N4OS/c1-11(2,10(12)15-16)5-3-7-17-9-4-6-13-8-14-9/h4,6,8,16H,3,5,7H2,1-2H3,(H2,12,15). The van der Waals surface area contributed by atoms with Crippen LogP contribution in [0, 0.1) is 5.41 Å². The molecule has 94 valence electrons. The van der Waals surface area contributed by atoms with Gasteiger partial charge in [-0.1, -0.05) is 19.0 Å². The Labute approximate surface area is 106 Å². The van der Waals surface area contributed by atoms with E-state index in [-0.39, 0.29) is 11.3 Å². The Balaban J connectivity index is 2.29. The topological polar surface area (TPSA) is 84.4 Å². The van der Waals surface area contributed by atoms with Gasteiger partial charge in [-0.2, -0.15) is 0 Å². The summed E-state index contributed by atoms with van der Waals surface area (Å²) in [6, 6.07) is 1.89. The van der Waals surface area contributed by atoms with Crippen LogP contribution in [0.4, 0.5) is 0 Å². The van der Waals surface area contributed by atoms with Gasteiger partial charge in [-0.25, -0.2) is 9.97 Å². The third kappa shape index (κ3) is 4.60. The quantitative estimate of drug-likeness (QED) is 0.154. The molecule has 1 aromatic heterocycles. The number of hydrogen-bond acceptors (Lipinski definition) is 5. The van der Waals surface area contributed by atoms with Crippen LogP contribution in [0.3, 0.4) is 0 Å². The molecule has 0 unspecified atom stereocenters. The lowest BCUT2D eigenvalue weighted by Crippen LogP contribution is -2.31. The molecule has 0 radical (unpaired) electrons. The minimum Gasteiger partial charge on any atom is -0.409 e. The van der Waals surface area contributed by atoms with Crippen molar-refractivity contribution >= 4 is 17.6 Å². The number of amidine groups is 1. The van der Waals surface area contributed by atoms with Crippen LogP contribution < -0.4 is 5.73 Å². The SMILES string of the molecule is CC(C)(CCCSc1ccncn1)C(N)=NO. The molecule has 17 heavy (non-hydrogen) atoms. The van der Waals surface area contributed by atoms with Gasteiger partial charge in [-0.15, -0.1) is 11.8 Å². The van der Waals surface area contributed by atoms with Gasteiger partial charge in [-0.3, -0.25) is 0 Å². The number of thioether (sulfide) groups is 1. The molecule has 1 aromatic rings. The van der Waals surface area contributed by atoms with E-state index in [0.717, 1.165) is 23.6 Å². The summed E-state index contributed by atoms with van der Waals surface area (Å²) in [5.74, 6) is 1.24. The van der Waals surface area contributed by atoms with Gasteiger partial charge in [0.15, 0.2) is 0 Å². The maximum Gasteiger partial charge on any atom is 0.144 e. The number of nitrogens with zero attached hydrogens (tertiary/aromatic N) is 3. The van der Waals surface area contributed by atoms with Crippen LogP contribution >= 0.6 is 11.8 Å². The largest absolute Gasteiger partial charge is 0.409 e. The van der Waals surface area contributed by atoms with Crippen molar-refractivity contribution < 1.29 is 5.21 Å².